The molecule has 0 spiro atoms. The van der Waals surface area contributed by atoms with Crippen LogP contribution >= 0.6 is 0 Å². The Morgan fingerprint density at radius 1 is 1.40 bits per heavy atom. The fourth-order valence-electron chi connectivity index (χ4n) is 2.31. The highest BCUT2D eigenvalue weighted by atomic mass is 16.2. The SMILES string of the molecule is Cc1ccc(C[NH+](C)[C@@H](C)C(=O)N2CCNC2=O)cc1. The van der Waals surface area contributed by atoms with E-state index in [2.05, 4.69) is 36.5 Å². The van der Waals surface area contributed by atoms with Crippen molar-refractivity contribution in [3.05, 3.63) is 35.4 Å². The first kappa shape index (κ1) is 14.5. The number of nitrogens with one attached hydrogen (secondary N) is 2. The summed E-state index contributed by atoms with van der Waals surface area (Å²) in [7, 11) is 1.98. The molecule has 1 saturated heterocycles. The smallest absolute Gasteiger partial charge is 0.324 e. The molecule has 108 valence electrons. The van der Waals surface area contributed by atoms with E-state index < -0.39 is 0 Å². The minimum Gasteiger partial charge on any atom is -0.336 e. The van der Waals surface area contributed by atoms with Crippen LogP contribution in [0.2, 0.25) is 0 Å². The molecule has 5 heteroatoms. The molecule has 0 radical (unpaired) electrons. The summed E-state index contributed by atoms with van der Waals surface area (Å²) in [6.45, 7) is 5.71. The molecule has 20 heavy (non-hydrogen) atoms. The lowest BCUT2D eigenvalue weighted by molar-refractivity contribution is -0.908. The van der Waals surface area contributed by atoms with Crippen LogP contribution in [0.5, 0.6) is 0 Å². The number of amides is 3. The summed E-state index contributed by atoms with van der Waals surface area (Å²) < 4.78 is 0. The first-order valence-electron chi connectivity index (χ1n) is 6.96. The number of hydrogen-bond acceptors (Lipinski definition) is 2. The number of imide groups is 1. The van der Waals surface area contributed by atoms with Crippen LogP contribution in [0.25, 0.3) is 0 Å². The quantitative estimate of drug-likeness (QED) is 0.810. The number of quaternary nitrogens is 1. The fourth-order valence-corrected chi connectivity index (χ4v) is 2.31. The standard InChI is InChI=1S/C15H21N3O2/c1-11-4-6-13(7-5-11)10-17(3)12(2)14(19)18-9-8-16-15(18)20/h4-7,12H,8-10H2,1-3H3,(H,16,20)/p+1/t12-/m0/s1. The largest absolute Gasteiger partial charge is 0.336 e. The zero-order chi connectivity index (χ0) is 14.7. The van der Waals surface area contributed by atoms with Crippen molar-refractivity contribution in [2.45, 2.75) is 26.4 Å². The Morgan fingerprint density at radius 3 is 2.60 bits per heavy atom. The first-order chi connectivity index (χ1) is 9.49. The van der Waals surface area contributed by atoms with Gasteiger partial charge in [-0.1, -0.05) is 29.8 Å². The third-order valence-electron chi connectivity index (χ3n) is 3.84. The van der Waals surface area contributed by atoms with Crippen LogP contribution in [-0.2, 0) is 11.3 Å². The highest BCUT2D eigenvalue weighted by molar-refractivity contribution is 5.97. The monoisotopic (exact) mass is 276 g/mol. The zero-order valence-corrected chi connectivity index (χ0v) is 12.3. The van der Waals surface area contributed by atoms with E-state index in [4.69, 9.17) is 0 Å². The lowest BCUT2D eigenvalue weighted by Crippen LogP contribution is -3.12. The van der Waals surface area contributed by atoms with Crippen LogP contribution in [0.4, 0.5) is 4.79 Å². The number of likely N-dealkylation sites (N-methyl/N-ethyl adjacent to an activating group) is 1. The lowest BCUT2D eigenvalue weighted by atomic mass is 10.1. The van der Waals surface area contributed by atoms with Gasteiger partial charge in [0, 0.05) is 18.7 Å². The molecule has 1 aliphatic rings. The molecule has 0 bridgehead atoms. The second-order valence-electron chi connectivity index (χ2n) is 5.45. The van der Waals surface area contributed by atoms with Crippen molar-refractivity contribution in [2.75, 3.05) is 20.1 Å². The summed E-state index contributed by atoms with van der Waals surface area (Å²) >= 11 is 0. The van der Waals surface area contributed by atoms with Crippen LogP contribution in [-0.4, -0.2) is 43.0 Å². The van der Waals surface area contributed by atoms with Gasteiger partial charge in [0.15, 0.2) is 6.04 Å². The van der Waals surface area contributed by atoms with E-state index in [-0.39, 0.29) is 18.0 Å². The Balaban J connectivity index is 1.97. The number of carbonyl (C=O) groups excluding carboxylic acids is 2. The summed E-state index contributed by atoms with van der Waals surface area (Å²) in [5, 5.41) is 2.66. The molecular weight excluding hydrogens is 254 g/mol. The van der Waals surface area contributed by atoms with Gasteiger partial charge in [0.2, 0.25) is 0 Å². The van der Waals surface area contributed by atoms with Gasteiger partial charge in [0.1, 0.15) is 6.54 Å². The average molecular weight is 276 g/mol. The van der Waals surface area contributed by atoms with Crippen LogP contribution < -0.4 is 10.2 Å². The summed E-state index contributed by atoms with van der Waals surface area (Å²) in [4.78, 5) is 26.2. The van der Waals surface area contributed by atoms with E-state index in [1.165, 1.54) is 16.0 Å². The molecule has 0 saturated carbocycles. The minimum atomic E-state index is -0.273. The topological polar surface area (TPSA) is 53.9 Å². The average Bonchev–Trinajstić information content (AvgIpc) is 2.86. The molecule has 5 nitrogen and oxygen atoms in total. The minimum absolute atomic E-state index is 0.107. The maximum atomic E-state index is 12.3. The van der Waals surface area contributed by atoms with Gasteiger partial charge in [-0.2, -0.15) is 0 Å². The molecule has 2 atom stereocenters. The zero-order valence-electron chi connectivity index (χ0n) is 12.3. The number of carbonyl (C=O) groups is 2. The summed E-state index contributed by atoms with van der Waals surface area (Å²) in [6.07, 6.45) is 0. The normalized spacial score (nSPS) is 17.8. The Morgan fingerprint density at radius 2 is 2.05 bits per heavy atom. The molecule has 1 heterocycles. The van der Waals surface area contributed by atoms with Gasteiger partial charge in [-0.15, -0.1) is 0 Å². The van der Waals surface area contributed by atoms with E-state index >= 15 is 0 Å². The van der Waals surface area contributed by atoms with Crippen molar-refractivity contribution in [2.24, 2.45) is 0 Å². The number of aryl methyl sites for hydroxylation is 1. The maximum Gasteiger partial charge on any atom is 0.324 e. The van der Waals surface area contributed by atoms with Crippen LogP contribution in [0.1, 0.15) is 18.1 Å². The molecule has 2 rings (SSSR count). The Labute approximate surface area is 119 Å². The van der Waals surface area contributed by atoms with Crippen LogP contribution in [0, 0.1) is 6.92 Å². The molecule has 3 amide bonds. The lowest BCUT2D eigenvalue weighted by Gasteiger charge is -2.24. The van der Waals surface area contributed by atoms with E-state index in [9.17, 15) is 9.59 Å². The molecular formula is C15H22N3O2+. The van der Waals surface area contributed by atoms with Gasteiger partial charge < -0.3 is 10.2 Å². The number of rotatable bonds is 4. The molecule has 0 aliphatic carbocycles. The Hall–Kier alpha value is -1.88. The van der Waals surface area contributed by atoms with Crippen molar-refractivity contribution in [1.82, 2.24) is 10.2 Å². The van der Waals surface area contributed by atoms with Gasteiger partial charge in [0.25, 0.3) is 5.91 Å². The number of hydrogen-bond donors (Lipinski definition) is 2. The van der Waals surface area contributed by atoms with E-state index in [1.807, 2.05) is 14.0 Å². The second kappa shape index (κ2) is 6.05. The van der Waals surface area contributed by atoms with Gasteiger partial charge >= 0.3 is 6.03 Å². The number of benzene rings is 1. The van der Waals surface area contributed by atoms with Gasteiger partial charge in [-0.3, -0.25) is 9.69 Å². The fraction of sp³-hybridized carbons (Fsp3) is 0.467. The molecule has 1 aromatic rings. The molecule has 1 aliphatic heterocycles. The van der Waals surface area contributed by atoms with Crippen molar-refractivity contribution in [3.63, 3.8) is 0 Å². The van der Waals surface area contributed by atoms with Crippen LogP contribution in [0.3, 0.4) is 0 Å². The summed E-state index contributed by atoms with van der Waals surface area (Å²) in [5.41, 5.74) is 2.42. The third kappa shape index (κ3) is 3.17. The number of nitrogens with zero attached hydrogens (tertiary/aromatic N) is 1. The predicted octanol–water partition coefficient (Wildman–Crippen LogP) is -0.0500. The molecule has 1 aromatic carbocycles. The predicted molar refractivity (Wildman–Crippen MR) is 76.3 cm³/mol. The van der Waals surface area contributed by atoms with Gasteiger partial charge in [0.05, 0.1) is 7.05 Å². The van der Waals surface area contributed by atoms with E-state index in [0.29, 0.717) is 13.1 Å². The summed E-state index contributed by atoms with van der Waals surface area (Å²) in [5.74, 6) is -0.107. The van der Waals surface area contributed by atoms with E-state index in [0.717, 1.165) is 11.4 Å². The second-order valence-corrected chi connectivity index (χ2v) is 5.45. The highest BCUT2D eigenvalue weighted by Gasteiger charge is 2.33. The molecule has 1 fully saturated rings. The number of urea groups is 1. The third-order valence-corrected chi connectivity index (χ3v) is 3.84. The maximum absolute atomic E-state index is 12.3. The van der Waals surface area contributed by atoms with Crippen LogP contribution in [0.15, 0.2) is 24.3 Å². The van der Waals surface area contributed by atoms with Crippen molar-refractivity contribution < 1.29 is 14.5 Å². The Bertz CT molecular complexity index is 498. The van der Waals surface area contributed by atoms with Crippen molar-refractivity contribution >= 4 is 11.9 Å². The van der Waals surface area contributed by atoms with E-state index in [1.54, 1.807) is 0 Å². The summed E-state index contributed by atoms with van der Waals surface area (Å²) in [6, 6.07) is 7.80. The molecule has 0 aromatic heterocycles. The molecule has 2 N–H and O–H groups in total. The highest BCUT2D eigenvalue weighted by Crippen LogP contribution is 2.03. The Kier molecular flexibility index (Phi) is 4.39. The van der Waals surface area contributed by atoms with Gasteiger partial charge in [-0.25, -0.2) is 4.79 Å². The van der Waals surface area contributed by atoms with Crippen molar-refractivity contribution in [1.29, 1.82) is 0 Å². The van der Waals surface area contributed by atoms with Crippen molar-refractivity contribution in [3.8, 4) is 0 Å². The molecule has 1 unspecified atom stereocenters. The van der Waals surface area contributed by atoms with Gasteiger partial charge in [-0.05, 0) is 13.8 Å². The first-order valence-corrected chi connectivity index (χ1v) is 6.96.